The number of hydrogen-bond acceptors (Lipinski definition) is 4. The first-order valence-electron chi connectivity index (χ1n) is 6.24. The van der Waals surface area contributed by atoms with E-state index < -0.39 is 19.0 Å². The van der Waals surface area contributed by atoms with Gasteiger partial charge in [0.1, 0.15) is 13.6 Å². The molecule has 6 heteroatoms. The van der Waals surface area contributed by atoms with Gasteiger partial charge in [0, 0.05) is 6.07 Å². The third-order valence-corrected chi connectivity index (χ3v) is 3.17. The van der Waals surface area contributed by atoms with Crippen molar-refractivity contribution < 1.29 is 14.5 Å². The molecule has 0 spiro atoms. The molecule has 0 heterocycles. The second kappa shape index (κ2) is 6.35. The van der Waals surface area contributed by atoms with Crippen molar-refractivity contribution in [1.29, 1.82) is 0 Å². The molecule has 0 atom stereocenters. The van der Waals surface area contributed by atoms with Gasteiger partial charge in [0.05, 0.1) is 17.1 Å². The van der Waals surface area contributed by atoms with Crippen molar-refractivity contribution in [3.05, 3.63) is 39.4 Å². The van der Waals surface area contributed by atoms with Crippen molar-refractivity contribution in [3.63, 3.8) is 0 Å². The van der Waals surface area contributed by atoms with E-state index in [4.69, 9.17) is 4.74 Å². The van der Waals surface area contributed by atoms with Gasteiger partial charge >= 0.3 is 5.97 Å². The number of ether oxygens (including phenoxy) is 1. The Morgan fingerprint density at radius 2 is 2.05 bits per heavy atom. The van der Waals surface area contributed by atoms with Gasteiger partial charge in [-0.05, 0) is 13.0 Å². The molecule has 0 saturated heterocycles. The van der Waals surface area contributed by atoms with Gasteiger partial charge in [0.15, 0.2) is 0 Å². The minimum absolute atomic E-state index is 0.137. The summed E-state index contributed by atoms with van der Waals surface area (Å²) >= 11 is 0. The van der Waals surface area contributed by atoms with Crippen LogP contribution in [0.5, 0.6) is 0 Å². The third kappa shape index (κ3) is 4.21. The van der Waals surface area contributed by atoms with Gasteiger partial charge in [0.2, 0.25) is 0 Å². The summed E-state index contributed by atoms with van der Waals surface area (Å²) in [5, 5.41) is 11.1. The lowest BCUT2D eigenvalue weighted by atomic mass is 10.1. The van der Waals surface area contributed by atoms with Crippen LogP contribution in [0.2, 0.25) is 19.6 Å². The third-order valence-electron chi connectivity index (χ3n) is 2.30. The lowest BCUT2D eigenvalue weighted by Crippen LogP contribution is -2.17. The molecule has 0 aliphatic rings. The Labute approximate surface area is 119 Å². The van der Waals surface area contributed by atoms with Crippen LogP contribution in [-0.2, 0) is 4.74 Å². The quantitative estimate of drug-likeness (QED) is 0.282. The van der Waals surface area contributed by atoms with Crippen molar-refractivity contribution in [2.24, 2.45) is 0 Å². The number of carbonyl (C=O) groups excluding carboxylic acids is 1. The number of nitrogens with zero attached hydrogens (tertiary/aromatic N) is 1. The molecular formula is C14H17NO4Si. The van der Waals surface area contributed by atoms with Gasteiger partial charge in [-0.2, -0.15) is 0 Å². The smallest absolute Gasteiger partial charge is 0.339 e. The monoisotopic (exact) mass is 291 g/mol. The fourth-order valence-corrected chi connectivity index (χ4v) is 1.95. The molecule has 5 nitrogen and oxygen atoms in total. The van der Waals surface area contributed by atoms with Crippen molar-refractivity contribution in [3.8, 4) is 11.5 Å². The van der Waals surface area contributed by atoms with Crippen LogP contribution in [0.3, 0.4) is 0 Å². The van der Waals surface area contributed by atoms with Crippen LogP contribution in [0.4, 0.5) is 5.69 Å². The Balaban J connectivity index is 3.44. The van der Waals surface area contributed by atoms with Gasteiger partial charge in [-0.1, -0.05) is 31.6 Å². The summed E-state index contributed by atoms with van der Waals surface area (Å²) in [4.78, 5) is 22.4. The van der Waals surface area contributed by atoms with Gasteiger partial charge in [-0.25, -0.2) is 4.79 Å². The number of carbonyl (C=O) groups is 1. The molecule has 0 aliphatic heterocycles. The zero-order valence-electron chi connectivity index (χ0n) is 12.0. The molecule has 0 fully saturated rings. The Kier molecular flexibility index (Phi) is 5.05. The maximum absolute atomic E-state index is 11.9. The number of nitro groups is 1. The maximum Gasteiger partial charge on any atom is 0.339 e. The SMILES string of the molecule is CCOC(=O)c1cccc([N+](=O)[O-])c1C#C[Si](C)(C)C. The number of esters is 1. The van der Waals surface area contributed by atoms with Crippen LogP contribution in [0.1, 0.15) is 22.8 Å². The first kappa shape index (κ1) is 15.9. The highest BCUT2D eigenvalue weighted by atomic mass is 28.3. The van der Waals surface area contributed by atoms with Crippen molar-refractivity contribution in [2.45, 2.75) is 26.6 Å². The maximum atomic E-state index is 11.9. The molecule has 0 N–H and O–H groups in total. The van der Waals surface area contributed by atoms with E-state index >= 15 is 0 Å². The van der Waals surface area contributed by atoms with Gasteiger partial charge < -0.3 is 4.74 Å². The molecule has 0 aliphatic carbocycles. The summed E-state index contributed by atoms with van der Waals surface area (Å²) < 4.78 is 4.92. The van der Waals surface area contributed by atoms with Crippen molar-refractivity contribution in [1.82, 2.24) is 0 Å². The largest absolute Gasteiger partial charge is 0.462 e. The summed E-state index contributed by atoms with van der Waals surface area (Å²) in [5.41, 5.74) is 3.16. The Bertz CT molecular complexity index is 593. The predicted octanol–water partition coefficient (Wildman–Crippen LogP) is 3.00. The lowest BCUT2D eigenvalue weighted by Gasteiger charge is -2.07. The summed E-state index contributed by atoms with van der Waals surface area (Å²) in [6, 6.07) is 4.31. The molecular weight excluding hydrogens is 274 g/mol. The van der Waals surface area contributed by atoms with E-state index in [1.54, 1.807) is 6.92 Å². The summed E-state index contributed by atoms with van der Waals surface area (Å²) in [6.07, 6.45) is 0. The second-order valence-electron chi connectivity index (χ2n) is 5.18. The van der Waals surface area contributed by atoms with Crippen LogP contribution >= 0.6 is 0 Å². The van der Waals surface area contributed by atoms with Crippen molar-refractivity contribution >= 4 is 19.7 Å². The van der Waals surface area contributed by atoms with E-state index in [0.29, 0.717) is 0 Å². The van der Waals surface area contributed by atoms with Crippen molar-refractivity contribution in [2.75, 3.05) is 6.61 Å². The van der Waals surface area contributed by atoms with Crippen LogP contribution in [0.15, 0.2) is 18.2 Å². The molecule has 0 unspecified atom stereocenters. The van der Waals surface area contributed by atoms with Gasteiger partial charge in [-0.15, -0.1) is 5.54 Å². The number of rotatable bonds is 3. The molecule has 0 amide bonds. The molecule has 0 saturated carbocycles. The summed E-state index contributed by atoms with van der Waals surface area (Å²) in [5.74, 6) is 2.22. The van der Waals surface area contributed by atoms with E-state index in [1.165, 1.54) is 18.2 Å². The van der Waals surface area contributed by atoms with E-state index in [2.05, 4.69) is 11.5 Å². The van der Waals surface area contributed by atoms with Crippen LogP contribution in [-0.4, -0.2) is 25.6 Å². The van der Waals surface area contributed by atoms with Gasteiger partial charge in [-0.3, -0.25) is 10.1 Å². The first-order chi connectivity index (χ1) is 9.26. The average Bonchev–Trinajstić information content (AvgIpc) is 2.35. The molecule has 106 valence electrons. The van der Waals surface area contributed by atoms with Crippen LogP contribution in [0.25, 0.3) is 0 Å². The minimum Gasteiger partial charge on any atom is -0.462 e. The highest BCUT2D eigenvalue weighted by Gasteiger charge is 2.21. The molecule has 0 bridgehead atoms. The molecule has 20 heavy (non-hydrogen) atoms. The highest BCUT2D eigenvalue weighted by molar-refractivity contribution is 6.83. The number of nitro benzene ring substituents is 1. The van der Waals surface area contributed by atoms with E-state index in [9.17, 15) is 14.9 Å². The fraction of sp³-hybridized carbons (Fsp3) is 0.357. The highest BCUT2D eigenvalue weighted by Crippen LogP contribution is 2.22. The first-order valence-corrected chi connectivity index (χ1v) is 9.74. The zero-order chi connectivity index (χ0) is 15.3. The van der Waals surface area contributed by atoms with Gasteiger partial charge in [0.25, 0.3) is 5.69 Å². The van der Waals surface area contributed by atoms with Crippen LogP contribution < -0.4 is 0 Å². The second-order valence-corrected chi connectivity index (χ2v) is 9.93. The molecule has 1 rings (SSSR count). The Hall–Kier alpha value is -2.13. The standard InChI is InChI=1S/C14H17NO4Si/c1-5-19-14(16)12-7-6-8-13(15(17)18)11(12)9-10-20(2,3)4/h6-8H,5H2,1-4H3. The average molecular weight is 291 g/mol. The number of hydrogen-bond donors (Lipinski definition) is 0. The lowest BCUT2D eigenvalue weighted by molar-refractivity contribution is -0.385. The normalized spacial score (nSPS) is 10.4. The Morgan fingerprint density at radius 3 is 2.55 bits per heavy atom. The predicted molar refractivity (Wildman–Crippen MR) is 79.3 cm³/mol. The molecule has 0 aromatic heterocycles. The minimum atomic E-state index is -1.71. The Morgan fingerprint density at radius 1 is 1.40 bits per heavy atom. The number of benzene rings is 1. The summed E-state index contributed by atoms with van der Waals surface area (Å²) in [7, 11) is -1.71. The fourth-order valence-electron chi connectivity index (χ4n) is 1.45. The van der Waals surface area contributed by atoms with E-state index in [1.807, 2.05) is 19.6 Å². The molecule has 1 aromatic carbocycles. The zero-order valence-corrected chi connectivity index (χ0v) is 13.0. The molecule has 1 aromatic rings. The summed E-state index contributed by atoms with van der Waals surface area (Å²) in [6.45, 7) is 7.97. The molecule has 0 radical (unpaired) electrons. The topological polar surface area (TPSA) is 69.4 Å². The van der Waals surface area contributed by atoms with E-state index in [0.717, 1.165) is 0 Å². The van der Waals surface area contributed by atoms with Crippen LogP contribution in [0, 0.1) is 21.6 Å². The van der Waals surface area contributed by atoms with E-state index in [-0.39, 0.29) is 23.4 Å².